The standard InChI is InChI=1S/C9H8ClN3.C2H6/c1-7-5-12-13(6-7)9-4-8(10)2-3-11-9;1-2/h2-6H,1H3;1-2H3. The third-order valence-corrected chi connectivity index (χ3v) is 1.89. The van der Waals surface area contributed by atoms with Gasteiger partial charge in [-0.15, -0.1) is 0 Å². The summed E-state index contributed by atoms with van der Waals surface area (Å²) in [7, 11) is 0. The number of halogens is 1. The van der Waals surface area contributed by atoms with Gasteiger partial charge in [0.1, 0.15) is 0 Å². The molecule has 0 atom stereocenters. The summed E-state index contributed by atoms with van der Waals surface area (Å²) in [6.07, 6.45) is 5.34. The molecule has 0 saturated carbocycles. The molecule has 0 aromatic carbocycles. The molecule has 0 N–H and O–H groups in total. The number of aromatic nitrogens is 3. The van der Waals surface area contributed by atoms with E-state index in [1.807, 2.05) is 27.0 Å². The molecule has 15 heavy (non-hydrogen) atoms. The highest BCUT2D eigenvalue weighted by atomic mass is 35.5. The van der Waals surface area contributed by atoms with Crippen LogP contribution in [0.25, 0.3) is 5.82 Å². The third kappa shape index (κ3) is 3.06. The Balaban J connectivity index is 0.000000531. The van der Waals surface area contributed by atoms with Crippen molar-refractivity contribution in [2.75, 3.05) is 0 Å². The maximum absolute atomic E-state index is 5.82. The molecule has 80 valence electrons. The molecule has 2 heterocycles. The molecule has 2 aromatic rings. The summed E-state index contributed by atoms with van der Waals surface area (Å²) in [5.41, 5.74) is 1.10. The van der Waals surface area contributed by atoms with Gasteiger partial charge in [-0.05, 0) is 18.6 Å². The average molecular weight is 224 g/mol. The number of nitrogens with zero attached hydrogens (tertiary/aromatic N) is 3. The van der Waals surface area contributed by atoms with Crippen LogP contribution in [0.4, 0.5) is 0 Å². The number of hydrogen-bond donors (Lipinski definition) is 0. The lowest BCUT2D eigenvalue weighted by Gasteiger charge is -1.98. The second-order valence-electron chi connectivity index (χ2n) is 2.79. The van der Waals surface area contributed by atoms with E-state index < -0.39 is 0 Å². The summed E-state index contributed by atoms with van der Waals surface area (Å²) in [6, 6.07) is 3.51. The Labute approximate surface area is 94.7 Å². The minimum Gasteiger partial charge on any atom is -0.237 e. The Hall–Kier alpha value is -1.35. The number of pyridine rings is 1. The average Bonchev–Trinajstić information content (AvgIpc) is 2.68. The molecule has 0 aliphatic rings. The van der Waals surface area contributed by atoms with Gasteiger partial charge in [-0.1, -0.05) is 25.4 Å². The molecule has 0 aliphatic heterocycles. The fourth-order valence-corrected chi connectivity index (χ4v) is 1.21. The number of aryl methyl sites for hydroxylation is 1. The van der Waals surface area contributed by atoms with E-state index in [1.54, 1.807) is 29.2 Å². The molecule has 2 aromatic heterocycles. The van der Waals surface area contributed by atoms with Gasteiger partial charge in [-0.25, -0.2) is 9.67 Å². The van der Waals surface area contributed by atoms with E-state index in [0.717, 1.165) is 11.4 Å². The van der Waals surface area contributed by atoms with Crippen LogP contribution in [0.2, 0.25) is 5.02 Å². The minimum atomic E-state index is 0.665. The quantitative estimate of drug-likeness (QED) is 0.743. The molecule has 0 unspecified atom stereocenters. The lowest BCUT2D eigenvalue weighted by Crippen LogP contribution is -1.96. The van der Waals surface area contributed by atoms with Gasteiger partial charge in [0.15, 0.2) is 5.82 Å². The predicted molar refractivity (Wildman–Crippen MR) is 62.5 cm³/mol. The first-order valence-corrected chi connectivity index (χ1v) is 5.27. The maximum atomic E-state index is 5.82. The largest absolute Gasteiger partial charge is 0.237 e. The molecule has 2 rings (SSSR count). The zero-order valence-corrected chi connectivity index (χ0v) is 9.86. The number of rotatable bonds is 1. The van der Waals surface area contributed by atoms with Crippen molar-refractivity contribution < 1.29 is 0 Å². The molecule has 0 aliphatic carbocycles. The molecule has 0 spiro atoms. The van der Waals surface area contributed by atoms with Gasteiger partial charge < -0.3 is 0 Å². The van der Waals surface area contributed by atoms with Crippen molar-refractivity contribution in [1.82, 2.24) is 14.8 Å². The van der Waals surface area contributed by atoms with E-state index in [0.29, 0.717) is 5.02 Å². The lowest BCUT2D eigenvalue weighted by atomic mass is 10.4. The van der Waals surface area contributed by atoms with Crippen molar-refractivity contribution in [3.05, 3.63) is 41.3 Å². The molecule has 0 saturated heterocycles. The first kappa shape index (κ1) is 11.7. The second-order valence-corrected chi connectivity index (χ2v) is 3.23. The molecule has 0 amide bonds. The molecule has 0 fully saturated rings. The first-order valence-electron chi connectivity index (χ1n) is 4.89. The van der Waals surface area contributed by atoms with Crippen LogP contribution in [0.15, 0.2) is 30.7 Å². The van der Waals surface area contributed by atoms with Crippen molar-refractivity contribution in [3.63, 3.8) is 0 Å². The molecule has 3 nitrogen and oxygen atoms in total. The van der Waals surface area contributed by atoms with Crippen LogP contribution in [-0.2, 0) is 0 Å². The fourth-order valence-electron chi connectivity index (χ4n) is 1.06. The Bertz CT molecular complexity index is 423. The minimum absolute atomic E-state index is 0.665. The zero-order valence-electron chi connectivity index (χ0n) is 9.11. The Morgan fingerprint density at radius 2 is 2.07 bits per heavy atom. The fraction of sp³-hybridized carbons (Fsp3) is 0.273. The van der Waals surface area contributed by atoms with Crippen molar-refractivity contribution in [3.8, 4) is 5.82 Å². The van der Waals surface area contributed by atoms with Crippen molar-refractivity contribution in [1.29, 1.82) is 0 Å². The first-order chi connectivity index (χ1) is 7.25. The summed E-state index contributed by atoms with van der Waals surface area (Å²) in [5, 5.41) is 4.79. The monoisotopic (exact) mass is 223 g/mol. The smallest absolute Gasteiger partial charge is 0.154 e. The van der Waals surface area contributed by atoms with Crippen molar-refractivity contribution in [2.24, 2.45) is 0 Å². The van der Waals surface area contributed by atoms with Crippen molar-refractivity contribution in [2.45, 2.75) is 20.8 Å². The van der Waals surface area contributed by atoms with Crippen LogP contribution in [0.1, 0.15) is 19.4 Å². The van der Waals surface area contributed by atoms with E-state index in [4.69, 9.17) is 11.6 Å². The summed E-state index contributed by atoms with van der Waals surface area (Å²) in [5.74, 6) is 0.737. The van der Waals surface area contributed by atoms with Crippen LogP contribution in [-0.4, -0.2) is 14.8 Å². The Morgan fingerprint density at radius 1 is 1.33 bits per heavy atom. The van der Waals surface area contributed by atoms with Gasteiger partial charge in [-0.2, -0.15) is 5.10 Å². The SMILES string of the molecule is CC.Cc1cnn(-c2cc(Cl)ccn2)c1. The van der Waals surface area contributed by atoms with Crippen LogP contribution in [0, 0.1) is 6.92 Å². The van der Waals surface area contributed by atoms with E-state index in [-0.39, 0.29) is 0 Å². The van der Waals surface area contributed by atoms with Gasteiger partial charge in [0.05, 0.1) is 6.20 Å². The van der Waals surface area contributed by atoms with Crippen LogP contribution >= 0.6 is 11.6 Å². The zero-order chi connectivity index (χ0) is 11.3. The van der Waals surface area contributed by atoms with Gasteiger partial charge in [0, 0.05) is 23.5 Å². The summed E-state index contributed by atoms with van der Waals surface area (Å²) >= 11 is 5.82. The van der Waals surface area contributed by atoms with Crippen LogP contribution in [0.3, 0.4) is 0 Å². The third-order valence-electron chi connectivity index (χ3n) is 1.65. The van der Waals surface area contributed by atoms with Gasteiger partial charge in [0.25, 0.3) is 0 Å². The summed E-state index contributed by atoms with van der Waals surface area (Å²) in [6.45, 7) is 5.98. The highest BCUT2D eigenvalue weighted by Gasteiger charge is 1.99. The Morgan fingerprint density at radius 3 is 2.60 bits per heavy atom. The molecule has 0 radical (unpaired) electrons. The van der Waals surface area contributed by atoms with Gasteiger partial charge in [-0.3, -0.25) is 0 Å². The van der Waals surface area contributed by atoms with Crippen LogP contribution in [0.5, 0.6) is 0 Å². The normalized spacial score (nSPS) is 9.33. The molecule has 4 heteroatoms. The molecular formula is C11H14ClN3. The molecular weight excluding hydrogens is 210 g/mol. The van der Waals surface area contributed by atoms with E-state index >= 15 is 0 Å². The topological polar surface area (TPSA) is 30.7 Å². The summed E-state index contributed by atoms with van der Waals surface area (Å²) in [4.78, 5) is 4.14. The molecule has 0 bridgehead atoms. The van der Waals surface area contributed by atoms with E-state index in [2.05, 4.69) is 10.1 Å². The Kier molecular flexibility index (Phi) is 4.31. The lowest BCUT2D eigenvalue weighted by molar-refractivity contribution is 0.847. The maximum Gasteiger partial charge on any atom is 0.154 e. The van der Waals surface area contributed by atoms with Gasteiger partial charge >= 0.3 is 0 Å². The van der Waals surface area contributed by atoms with Gasteiger partial charge in [0.2, 0.25) is 0 Å². The van der Waals surface area contributed by atoms with Crippen LogP contribution < -0.4 is 0 Å². The number of hydrogen-bond acceptors (Lipinski definition) is 2. The predicted octanol–water partition coefficient (Wildman–Crippen LogP) is 3.26. The highest BCUT2D eigenvalue weighted by Crippen LogP contribution is 2.11. The van der Waals surface area contributed by atoms with Crippen molar-refractivity contribution >= 4 is 11.6 Å². The summed E-state index contributed by atoms with van der Waals surface area (Å²) < 4.78 is 1.70. The van der Waals surface area contributed by atoms with E-state index in [1.165, 1.54) is 0 Å². The second kappa shape index (κ2) is 5.51. The van der Waals surface area contributed by atoms with E-state index in [9.17, 15) is 0 Å². The highest BCUT2D eigenvalue weighted by molar-refractivity contribution is 6.30.